The van der Waals surface area contributed by atoms with E-state index in [-0.39, 0.29) is 5.95 Å². The standard InChI is InChI=1S/C12H14N6O3/c1-3-20-11-6-9(4-5-10(11)21-8(2)19)7-14-18-12(13)15-16-17-18/h4-7H,3H2,1-2H3,(H2,13,15,17). The second-order valence-corrected chi connectivity index (χ2v) is 3.90. The first-order chi connectivity index (χ1) is 10.1. The molecule has 0 aliphatic rings. The van der Waals surface area contributed by atoms with Gasteiger partial charge in [-0.3, -0.25) is 4.79 Å². The van der Waals surface area contributed by atoms with Gasteiger partial charge in [0.25, 0.3) is 5.95 Å². The number of nitrogen functional groups attached to an aromatic ring is 1. The molecule has 0 aliphatic heterocycles. The van der Waals surface area contributed by atoms with Gasteiger partial charge in [-0.05, 0) is 41.1 Å². The summed E-state index contributed by atoms with van der Waals surface area (Å²) in [5.74, 6) is 0.455. The number of hydrogen-bond donors (Lipinski definition) is 1. The van der Waals surface area contributed by atoms with Crippen LogP contribution in [0.4, 0.5) is 5.95 Å². The van der Waals surface area contributed by atoms with E-state index in [1.807, 2.05) is 6.92 Å². The Morgan fingerprint density at radius 3 is 2.90 bits per heavy atom. The zero-order valence-corrected chi connectivity index (χ0v) is 11.6. The number of nitrogens with zero attached hydrogens (tertiary/aromatic N) is 5. The first-order valence-electron chi connectivity index (χ1n) is 6.13. The van der Waals surface area contributed by atoms with E-state index in [0.29, 0.717) is 23.7 Å². The highest BCUT2D eigenvalue weighted by atomic mass is 16.6. The van der Waals surface area contributed by atoms with Crippen molar-refractivity contribution >= 4 is 18.1 Å². The van der Waals surface area contributed by atoms with E-state index in [0.717, 1.165) is 4.79 Å². The zero-order valence-electron chi connectivity index (χ0n) is 11.6. The molecule has 0 unspecified atom stereocenters. The van der Waals surface area contributed by atoms with Crippen LogP contribution >= 0.6 is 0 Å². The summed E-state index contributed by atoms with van der Waals surface area (Å²) in [6.07, 6.45) is 1.51. The summed E-state index contributed by atoms with van der Waals surface area (Å²) in [4.78, 5) is 12.1. The summed E-state index contributed by atoms with van der Waals surface area (Å²) in [7, 11) is 0. The van der Waals surface area contributed by atoms with Gasteiger partial charge in [0, 0.05) is 6.92 Å². The molecule has 1 heterocycles. The van der Waals surface area contributed by atoms with Gasteiger partial charge in [-0.1, -0.05) is 9.89 Å². The topological polar surface area (TPSA) is 118 Å². The van der Waals surface area contributed by atoms with Crippen LogP contribution in [0.15, 0.2) is 23.3 Å². The summed E-state index contributed by atoms with van der Waals surface area (Å²) in [6.45, 7) is 3.60. The fourth-order valence-corrected chi connectivity index (χ4v) is 1.51. The molecule has 21 heavy (non-hydrogen) atoms. The lowest BCUT2D eigenvalue weighted by Gasteiger charge is -2.09. The van der Waals surface area contributed by atoms with Crippen molar-refractivity contribution in [2.24, 2.45) is 5.10 Å². The number of carbonyl (C=O) groups excluding carboxylic acids is 1. The van der Waals surface area contributed by atoms with Gasteiger partial charge in [0.05, 0.1) is 12.8 Å². The Bertz CT molecular complexity index is 667. The normalized spacial score (nSPS) is 10.8. The number of esters is 1. The van der Waals surface area contributed by atoms with Crippen LogP contribution in [0.5, 0.6) is 11.5 Å². The van der Waals surface area contributed by atoms with E-state index < -0.39 is 5.97 Å². The number of carbonyl (C=O) groups is 1. The number of tetrazole rings is 1. The van der Waals surface area contributed by atoms with Crippen molar-refractivity contribution in [2.45, 2.75) is 13.8 Å². The molecule has 1 aromatic carbocycles. The Labute approximate surface area is 120 Å². The Morgan fingerprint density at radius 1 is 1.48 bits per heavy atom. The van der Waals surface area contributed by atoms with Crippen LogP contribution in [0, 0.1) is 0 Å². The summed E-state index contributed by atoms with van der Waals surface area (Å²) >= 11 is 0. The summed E-state index contributed by atoms with van der Waals surface area (Å²) in [5.41, 5.74) is 6.20. The molecule has 2 rings (SSSR count). The number of ether oxygens (including phenoxy) is 2. The van der Waals surface area contributed by atoms with E-state index in [9.17, 15) is 4.79 Å². The fraction of sp³-hybridized carbons (Fsp3) is 0.250. The molecule has 0 aliphatic carbocycles. The number of nitrogens with two attached hydrogens (primary N) is 1. The zero-order chi connectivity index (χ0) is 15.2. The monoisotopic (exact) mass is 290 g/mol. The summed E-state index contributed by atoms with van der Waals surface area (Å²) < 4.78 is 10.5. The van der Waals surface area contributed by atoms with Gasteiger partial charge in [-0.15, -0.1) is 0 Å². The van der Waals surface area contributed by atoms with E-state index in [2.05, 4.69) is 20.6 Å². The molecule has 9 heteroatoms. The maximum absolute atomic E-state index is 11.0. The summed E-state index contributed by atoms with van der Waals surface area (Å²) in [6, 6.07) is 5.02. The maximum atomic E-state index is 11.0. The van der Waals surface area contributed by atoms with Crippen molar-refractivity contribution in [3.8, 4) is 11.5 Å². The molecule has 0 atom stereocenters. The van der Waals surface area contributed by atoms with Crippen molar-refractivity contribution in [3.05, 3.63) is 23.8 Å². The quantitative estimate of drug-likeness (QED) is 0.483. The van der Waals surface area contributed by atoms with Crippen LogP contribution in [-0.2, 0) is 4.79 Å². The first kappa shape index (κ1) is 14.4. The third-order valence-corrected chi connectivity index (χ3v) is 2.31. The lowest BCUT2D eigenvalue weighted by Crippen LogP contribution is -2.05. The first-order valence-corrected chi connectivity index (χ1v) is 6.13. The highest BCUT2D eigenvalue weighted by molar-refractivity contribution is 5.81. The molecule has 110 valence electrons. The molecule has 0 radical (unpaired) electrons. The van der Waals surface area contributed by atoms with Crippen molar-refractivity contribution in [2.75, 3.05) is 12.3 Å². The Morgan fingerprint density at radius 2 is 2.29 bits per heavy atom. The van der Waals surface area contributed by atoms with Crippen LogP contribution in [0.2, 0.25) is 0 Å². The fourth-order valence-electron chi connectivity index (χ4n) is 1.51. The Kier molecular flexibility index (Phi) is 4.44. The predicted octanol–water partition coefficient (Wildman–Crippen LogP) is 0.461. The third kappa shape index (κ3) is 3.75. The van der Waals surface area contributed by atoms with Crippen LogP contribution < -0.4 is 15.2 Å². The van der Waals surface area contributed by atoms with E-state index in [4.69, 9.17) is 15.2 Å². The van der Waals surface area contributed by atoms with Gasteiger partial charge in [0.15, 0.2) is 11.5 Å². The minimum absolute atomic E-state index is 0.0767. The highest BCUT2D eigenvalue weighted by Gasteiger charge is 2.08. The SMILES string of the molecule is CCOc1cc(C=Nn2nnnc2N)ccc1OC(C)=O. The largest absolute Gasteiger partial charge is 0.490 e. The van der Waals surface area contributed by atoms with Gasteiger partial charge >= 0.3 is 5.97 Å². The predicted molar refractivity (Wildman–Crippen MR) is 74.1 cm³/mol. The minimum atomic E-state index is -0.418. The average molecular weight is 290 g/mol. The minimum Gasteiger partial charge on any atom is -0.490 e. The molecule has 0 spiro atoms. The molecule has 0 bridgehead atoms. The second-order valence-electron chi connectivity index (χ2n) is 3.90. The van der Waals surface area contributed by atoms with Gasteiger partial charge in [0.2, 0.25) is 0 Å². The van der Waals surface area contributed by atoms with Crippen LogP contribution in [-0.4, -0.2) is 39.1 Å². The molecular formula is C12H14N6O3. The number of benzene rings is 1. The van der Waals surface area contributed by atoms with Crippen LogP contribution in [0.25, 0.3) is 0 Å². The average Bonchev–Trinajstić information content (AvgIpc) is 2.84. The lowest BCUT2D eigenvalue weighted by atomic mass is 10.2. The van der Waals surface area contributed by atoms with E-state index >= 15 is 0 Å². The number of hydrogen-bond acceptors (Lipinski definition) is 8. The molecule has 2 N–H and O–H groups in total. The molecule has 1 aromatic heterocycles. The van der Waals surface area contributed by atoms with E-state index in [1.165, 1.54) is 13.1 Å². The van der Waals surface area contributed by atoms with Gasteiger partial charge in [0.1, 0.15) is 0 Å². The van der Waals surface area contributed by atoms with Crippen molar-refractivity contribution < 1.29 is 14.3 Å². The molecule has 2 aromatic rings. The van der Waals surface area contributed by atoms with Gasteiger partial charge < -0.3 is 15.2 Å². The molecule has 9 nitrogen and oxygen atoms in total. The molecule has 0 fully saturated rings. The second kappa shape index (κ2) is 6.46. The smallest absolute Gasteiger partial charge is 0.308 e. The number of rotatable bonds is 5. The van der Waals surface area contributed by atoms with E-state index in [1.54, 1.807) is 18.2 Å². The van der Waals surface area contributed by atoms with Gasteiger partial charge in [-0.2, -0.15) is 5.10 Å². The van der Waals surface area contributed by atoms with Crippen LogP contribution in [0.1, 0.15) is 19.4 Å². The third-order valence-electron chi connectivity index (χ3n) is 2.31. The molecule has 0 saturated heterocycles. The van der Waals surface area contributed by atoms with Crippen LogP contribution in [0.3, 0.4) is 0 Å². The number of anilines is 1. The van der Waals surface area contributed by atoms with Crippen molar-refractivity contribution in [1.82, 2.24) is 20.3 Å². The van der Waals surface area contributed by atoms with Crippen molar-refractivity contribution in [3.63, 3.8) is 0 Å². The maximum Gasteiger partial charge on any atom is 0.308 e. The molecule has 0 saturated carbocycles. The number of aromatic nitrogens is 4. The lowest BCUT2D eigenvalue weighted by molar-refractivity contribution is -0.132. The Hall–Kier alpha value is -2.97. The molecule has 0 amide bonds. The van der Waals surface area contributed by atoms with Crippen molar-refractivity contribution in [1.29, 1.82) is 0 Å². The summed E-state index contributed by atoms with van der Waals surface area (Å²) in [5, 5.41) is 14.4. The van der Waals surface area contributed by atoms with Gasteiger partial charge in [-0.25, -0.2) is 0 Å². The Balaban J connectivity index is 2.25. The molecular weight excluding hydrogens is 276 g/mol. The highest BCUT2D eigenvalue weighted by Crippen LogP contribution is 2.28.